The van der Waals surface area contributed by atoms with E-state index in [0.717, 1.165) is 11.8 Å². The Kier molecular flexibility index (Phi) is 7.15. The maximum atomic E-state index is 11.6. The van der Waals surface area contributed by atoms with Gasteiger partial charge in [-0.2, -0.15) is 0 Å². The van der Waals surface area contributed by atoms with Crippen molar-refractivity contribution in [1.29, 1.82) is 0 Å². The molecule has 0 aliphatic carbocycles. The van der Waals surface area contributed by atoms with Gasteiger partial charge in [-0.15, -0.1) is 11.8 Å². The molecular weight excluding hydrogens is 325 g/mol. The van der Waals surface area contributed by atoms with Crippen LogP contribution in [0, 0.1) is 0 Å². The van der Waals surface area contributed by atoms with E-state index >= 15 is 0 Å². The smallest absolute Gasteiger partial charge is 0.326 e. The summed E-state index contributed by atoms with van der Waals surface area (Å²) in [5, 5.41) is 20.9. The lowest BCUT2D eigenvalue weighted by Crippen LogP contribution is -2.42. The van der Waals surface area contributed by atoms with Gasteiger partial charge in [-0.05, 0) is 18.2 Å². The molecule has 0 aliphatic rings. The van der Waals surface area contributed by atoms with E-state index in [1.54, 1.807) is 18.2 Å². The highest BCUT2D eigenvalue weighted by Crippen LogP contribution is 2.29. The van der Waals surface area contributed by atoms with Crippen LogP contribution in [0.4, 0.5) is 0 Å². The molecule has 0 aliphatic heterocycles. The minimum Gasteiger partial charge on any atom is -0.480 e. The van der Waals surface area contributed by atoms with E-state index in [2.05, 4.69) is 5.32 Å². The number of hydrogen-bond acceptors (Lipinski definition) is 4. The van der Waals surface area contributed by atoms with Crippen molar-refractivity contribution in [2.45, 2.75) is 17.4 Å². The average Bonchev–Trinajstić information content (AvgIpc) is 2.39. The summed E-state index contributed by atoms with van der Waals surface area (Å²) in [6.45, 7) is -0.315. The zero-order valence-corrected chi connectivity index (χ0v) is 12.6. The third-order valence-corrected chi connectivity index (χ3v) is 4.04. The number of carbonyl (C=O) groups excluding carboxylic acids is 1. The largest absolute Gasteiger partial charge is 0.480 e. The van der Waals surface area contributed by atoms with Crippen LogP contribution in [-0.4, -0.2) is 40.5 Å². The second-order valence-corrected chi connectivity index (χ2v) is 5.69. The van der Waals surface area contributed by atoms with Crippen LogP contribution in [0.15, 0.2) is 23.1 Å². The van der Waals surface area contributed by atoms with Crippen LogP contribution in [0.25, 0.3) is 0 Å². The maximum Gasteiger partial charge on any atom is 0.326 e. The van der Waals surface area contributed by atoms with Crippen LogP contribution < -0.4 is 5.32 Å². The second kappa shape index (κ2) is 8.36. The average molecular weight is 338 g/mol. The van der Waals surface area contributed by atoms with Crippen molar-refractivity contribution in [3.63, 3.8) is 0 Å². The number of carboxylic acids is 1. The molecule has 8 heteroatoms. The number of nitrogens with one attached hydrogen (secondary N) is 1. The van der Waals surface area contributed by atoms with Crippen LogP contribution in [0.3, 0.4) is 0 Å². The number of thioether (sulfide) groups is 1. The number of hydrogen-bond donors (Lipinski definition) is 3. The number of carbonyl (C=O) groups is 2. The first-order valence-electron chi connectivity index (χ1n) is 5.65. The molecule has 0 saturated carbocycles. The fourth-order valence-electron chi connectivity index (χ4n) is 1.35. The predicted octanol–water partition coefficient (Wildman–Crippen LogP) is 2.04. The van der Waals surface area contributed by atoms with Gasteiger partial charge in [0.05, 0.1) is 10.8 Å². The van der Waals surface area contributed by atoms with Crippen LogP contribution in [0.1, 0.15) is 6.42 Å². The number of halogens is 2. The molecule has 3 N–H and O–H groups in total. The van der Waals surface area contributed by atoms with Gasteiger partial charge >= 0.3 is 5.97 Å². The molecule has 0 unspecified atom stereocenters. The first-order valence-corrected chi connectivity index (χ1v) is 7.39. The molecule has 0 heterocycles. The summed E-state index contributed by atoms with van der Waals surface area (Å²) in [6.07, 6.45) is -0.0380. The molecule has 0 spiro atoms. The second-order valence-electron chi connectivity index (χ2n) is 3.83. The first kappa shape index (κ1) is 17.1. The monoisotopic (exact) mass is 337 g/mol. The fraction of sp³-hybridized carbons (Fsp3) is 0.333. The number of aliphatic hydroxyl groups is 1. The first-order chi connectivity index (χ1) is 9.43. The van der Waals surface area contributed by atoms with E-state index in [-0.39, 0.29) is 18.8 Å². The molecule has 1 atom stereocenters. The number of benzene rings is 1. The lowest BCUT2D eigenvalue weighted by molar-refractivity contribution is -0.141. The SMILES string of the molecule is O=C(CSc1cc(Cl)ccc1Cl)N[C@@H](CCO)C(=O)O. The van der Waals surface area contributed by atoms with Gasteiger partial charge in [0.1, 0.15) is 6.04 Å². The molecule has 0 fully saturated rings. The topological polar surface area (TPSA) is 86.6 Å². The molecule has 0 bridgehead atoms. The van der Waals surface area contributed by atoms with Crippen molar-refractivity contribution in [2.24, 2.45) is 0 Å². The zero-order chi connectivity index (χ0) is 15.1. The Morgan fingerprint density at radius 3 is 2.65 bits per heavy atom. The van der Waals surface area contributed by atoms with Gasteiger partial charge in [0.2, 0.25) is 5.91 Å². The molecule has 1 amide bonds. The fourth-order valence-corrected chi connectivity index (χ4v) is 2.66. The van der Waals surface area contributed by atoms with Crippen molar-refractivity contribution in [1.82, 2.24) is 5.32 Å². The number of amides is 1. The molecule has 110 valence electrons. The number of aliphatic carboxylic acids is 1. The third kappa shape index (κ3) is 5.58. The minimum absolute atomic E-state index is 0.00920. The highest BCUT2D eigenvalue weighted by molar-refractivity contribution is 8.00. The summed E-state index contributed by atoms with van der Waals surface area (Å²) < 4.78 is 0. The lowest BCUT2D eigenvalue weighted by atomic mass is 10.2. The molecule has 1 aromatic rings. The third-order valence-electron chi connectivity index (χ3n) is 2.30. The van der Waals surface area contributed by atoms with Crippen LogP contribution in [0.2, 0.25) is 10.0 Å². The molecule has 0 saturated heterocycles. The van der Waals surface area contributed by atoms with E-state index < -0.39 is 17.9 Å². The van der Waals surface area contributed by atoms with Crippen LogP contribution >= 0.6 is 35.0 Å². The van der Waals surface area contributed by atoms with Crippen molar-refractivity contribution in [2.75, 3.05) is 12.4 Å². The van der Waals surface area contributed by atoms with E-state index in [9.17, 15) is 9.59 Å². The standard InChI is InChI=1S/C12H13Cl2NO4S/c13-7-1-2-8(14)10(5-7)20-6-11(17)15-9(3-4-16)12(18)19/h1-2,5,9,16H,3-4,6H2,(H,15,17)(H,18,19)/t9-/m0/s1. The van der Waals surface area contributed by atoms with Gasteiger partial charge in [0, 0.05) is 22.9 Å². The molecule has 5 nitrogen and oxygen atoms in total. The van der Waals surface area contributed by atoms with Crippen molar-refractivity contribution >= 4 is 46.8 Å². The van der Waals surface area contributed by atoms with Gasteiger partial charge in [-0.1, -0.05) is 23.2 Å². The summed E-state index contributed by atoms with van der Waals surface area (Å²) in [4.78, 5) is 23.1. The van der Waals surface area contributed by atoms with Gasteiger partial charge in [-0.3, -0.25) is 4.79 Å². The summed E-state index contributed by atoms with van der Waals surface area (Å²) >= 11 is 12.9. The Bertz CT molecular complexity index is 498. The molecular formula is C12H13Cl2NO4S. The van der Waals surface area contributed by atoms with Crippen molar-refractivity contribution in [3.05, 3.63) is 28.2 Å². The van der Waals surface area contributed by atoms with Gasteiger partial charge in [0.25, 0.3) is 0 Å². The summed E-state index contributed by atoms with van der Waals surface area (Å²) in [5.74, 6) is -1.62. The predicted molar refractivity (Wildman–Crippen MR) is 78.5 cm³/mol. The summed E-state index contributed by atoms with van der Waals surface area (Å²) in [7, 11) is 0. The molecule has 0 aromatic heterocycles. The highest BCUT2D eigenvalue weighted by atomic mass is 35.5. The Morgan fingerprint density at radius 2 is 2.05 bits per heavy atom. The van der Waals surface area contributed by atoms with E-state index in [4.69, 9.17) is 33.4 Å². The van der Waals surface area contributed by atoms with Crippen molar-refractivity contribution < 1.29 is 19.8 Å². The Hall–Kier alpha value is -0.950. The van der Waals surface area contributed by atoms with Gasteiger partial charge in [-0.25, -0.2) is 4.79 Å². The number of rotatable bonds is 7. The minimum atomic E-state index is -1.18. The molecule has 1 rings (SSSR count). The lowest BCUT2D eigenvalue weighted by Gasteiger charge is -2.13. The zero-order valence-electron chi connectivity index (χ0n) is 10.3. The number of carboxylic acid groups (broad SMARTS) is 1. The summed E-state index contributed by atoms with van der Waals surface area (Å²) in [5.41, 5.74) is 0. The van der Waals surface area contributed by atoms with E-state index in [1.807, 2.05) is 0 Å². The highest BCUT2D eigenvalue weighted by Gasteiger charge is 2.19. The Morgan fingerprint density at radius 1 is 1.35 bits per heavy atom. The Labute approximate surface area is 130 Å². The van der Waals surface area contributed by atoms with Crippen LogP contribution in [0.5, 0.6) is 0 Å². The number of aliphatic hydroxyl groups excluding tert-OH is 1. The normalized spacial score (nSPS) is 11.9. The summed E-state index contributed by atoms with van der Waals surface area (Å²) in [6, 6.07) is 3.79. The van der Waals surface area contributed by atoms with Gasteiger partial charge in [0.15, 0.2) is 0 Å². The van der Waals surface area contributed by atoms with Gasteiger partial charge < -0.3 is 15.5 Å². The van der Waals surface area contributed by atoms with Crippen LogP contribution in [-0.2, 0) is 9.59 Å². The molecule has 0 radical (unpaired) electrons. The van der Waals surface area contributed by atoms with E-state index in [1.165, 1.54) is 0 Å². The maximum absolute atomic E-state index is 11.6. The molecule has 1 aromatic carbocycles. The quantitative estimate of drug-likeness (QED) is 0.663. The van der Waals surface area contributed by atoms with E-state index in [0.29, 0.717) is 14.9 Å². The molecule has 20 heavy (non-hydrogen) atoms. The van der Waals surface area contributed by atoms with Crippen molar-refractivity contribution in [3.8, 4) is 0 Å². The Balaban J connectivity index is 2.54.